The van der Waals surface area contributed by atoms with Crippen molar-refractivity contribution in [3.63, 3.8) is 0 Å². The van der Waals surface area contributed by atoms with Gasteiger partial charge in [0.15, 0.2) is 5.58 Å². The van der Waals surface area contributed by atoms with Gasteiger partial charge in [-0.1, -0.05) is 164 Å². The molecule has 0 fully saturated rings. The summed E-state index contributed by atoms with van der Waals surface area (Å²) in [5.74, 6) is 0. The minimum atomic E-state index is 0.844. The van der Waals surface area contributed by atoms with Gasteiger partial charge in [0.05, 0.1) is 5.69 Å². The lowest BCUT2D eigenvalue weighted by Gasteiger charge is -2.26. The van der Waals surface area contributed by atoms with Gasteiger partial charge in [-0.15, -0.1) is 0 Å². The molecule has 0 amide bonds. The smallest absolute Gasteiger partial charge is 0.160 e. The van der Waals surface area contributed by atoms with E-state index in [9.17, 15) is 0 Å². The van der Waals surface area contributed by atoms with Crippen molar-refractivity contribution in [2.45, 2.75) is 0 Å². The fourth-order valence-electron chi connectivity index (χ4n) is 8.37. The number of para-hydroxylation sites is 2. The quantitative estimate of drug-likeness (QED) is 0.164. The molecule has 2 aromatic heterocycles. The SMILES string of the molecule is c1ccc(-c2ccc(-c3ccc(N(c4ccc(-c5cccc6oc7ccccc7c56)cc4)c4ccc(-c5ccccc5)c5c4oc4ccccc45)cc3)cc2)cc1. The van der Waals surface area contributed by atoms with Crippen LogP contribution in [0.4, 0.5) is 17.1 Å². The van der Waals surface area contributed by atoms with Crippen LogP contribution < -0.4 is 4.90 Å². The van der Waals surface area contributed by atoms with Gasteiger partial charge in [-0.05, 0) is 93.0 Å². The van der Waals surface area contributed by atoms with E-state index in [0.29, 0.717) is 0 Å². The van der Waals surface area contributed by atoms with Crippen molar-refractivity contribution < 1.29 is 8.83 Å². The lowest BCUT2D eigenvalue weighted by molar-refractivity contribution is 0.668. The van der Waals surface area contributed by atoms with Gasteiger partial charge in [0.1, 0.15) is 16.7 Å². The molecule has 11 aromatic rings. The third-order valence-electron chi connectivity index (χ3n) is 11.1. The first kappa shape index (κ1) is 32.8. The molecule has 0 N–H and O–H groups in total. The topological polar surface area (TPSA) is 29.5 Å². The average molecular weight is 730 g/mol. The molecule has 0 saturated heterocycles. The van der Waals surface area contributed by atoms with Gasteiger partial charge in [-0.2, -0.15) is 0 Å². The number of hydrogen-bond acceptors (Lipinski definition) is 3. The van der Waals surface area contributed by atoms with E-state index in [2.05, 4.69) is 193 Å². The second kappa shape index (κ2) is 13.6. The zero-order chi connectivity index (χ0) is 37.7. The standard InChI is InChI=1S/C54H35NO2/c1-3-12-36(13-4-1)37-22-24-38(25-23-37)39-26-30-42(31-27-39)55(43-32-28-41(29-33-43)44-18-11-21-51-52(44)46-16-7-9-19-49(46)56-51)48-35-34-45(40-14-5-2-6-15-40)53-47-17-8-10-20-50(47)57-54(48)53/h1-35H. The third kappa shape index (κ3) is 5.68. The summed E-state index contributed by atoms with van der Waals surface area (Å²) in [6.45, 7) is 0. The third-order valence-corrected chi connectivity index (χ3v) is 11.1. The summed E-state index contributed by atoms with van der Waals surface area (Å²) < 4.78 is 13.1. The van der Waals surface area contributed by atoms with Crippen molar-refractivity contribution in [2.75, 3.05) is 4.90 Å². The van der Waals surface area contributed by atoms with E-state index in [0.717, 1.165) is 88.8 Å². The Morgan fingerprint density at radius 2 is 0.719 bits per heavy atom. The molecule has 0 atom stereocenters. The van der Waals surface area contributed by atoms with Crippen molar-refractivity contribution in [1.29, 1.82) is 0 Å². The Kier molecular flexibility index (Phi) is 7.82. The predicted octanol–water partition coefficient (Wildman–Crippen LogP) is 15.6. The lowest BCUT2D eigenvalue weighted by Crippen LogP contribution is -2.10. The van der Waals surface area contributed by atoms with Crippen LogP contribution in [-0.4, -0.2) is 0 Å². The van der Waals surface area contributed by atoms with Gasteiger partial charge in [-0.3, -0.25) is 0 Å². The molecule has 0 saturated carbocycles. The predicted molar refractivity (Wildman–Crippen MR) is 237 cm³/mol. The first-order valence-electron chi connectivity index (χ1n) is 19.3. The van der Waals surface area contributed by atoms with Gasteiger partial charge >= 0.3 is 0 Å². The van der Waals surface area contributed by atoms with Gasteiger partial charge in [-0.25, -0.2) is 0 Å². The zero-order valence-corrected chi connectivity index (χ0v) is 31.0. The van der Waals surface area contributed by atoms with Gasteiger partial charge in [0.25, 0.3) is 0 Å². The number of hydrogen-bond donors (Lipinski definition) is 0. The molecule has 3 heteroatoms. The molecule has 57 heavy (non-hydrogen) atoms. The summed E-state index contributed by atoms with van der Waals surface area (Å²) in [5.41, 5.74) is 15.8. The molecule has 0 spiro atoms. The maximum atomic E-state index is 6.83. The first-order chi connectivity index (χ1) is 28.3. The van der Waals surface area contributed by atoms with Crippen LogP contribution in [-0.2, 0) is 0 Å². The number of fused-ring (bicyclic) bond motifs is 6. The molecule has 3 nitrogen and oxygen atoms in total. The van der Waals surface area contributed by atoms with E-state index < -0.39 is 0 Å². The van der Waals surface area contributed by atoms with E-state index in [4.69, 9.17) is 8.83 Å². The fourth-order valence-corrected chi connectivity index (χ4v) is 8.37. The van der Waals surface area contributed by atoms with Crippen LogP contribution in [0.5, 0.6) is 0 Å². The molecule has 9 aromatic carbocycles. The maximum absolute atomic E-state index is 6.83. The summed E-state index contributed by atoms with van der Waals surface area (Å²) in [6, 6.07) is 75.0. The summed E-state index contributed by atoms with van der Waals surface area (Å²) in [6.07, 6.45) is 0. The van der Waals surface area contributed by atoms with Crippen molar-refractivity contribution >= 4 is 60.9 Å². The van der Waals surface area contributed by atoms with E-state index in [1.807, 2.05) is 24.3 Å². The highest BCUT2D eigenvalue weighted by Crippen LogP contribution is 2.46. The highest BCUT2D eigenvalue weighted by atomic mass is 16.3. The zero-order valence-electron chi connectivity index (χ0n) is 31.0. The molecule has 0 aliphatic heterocycles. The summed E-state index contributed by atoms with van der Waals surface area (Å²) >= 11 is 0. The first-order valence-corrected chi connectivity index (χ1v) is 19.3. The van der Waals surface area contributed by atoms with Crippen LogP contribution in [0.25, 0.3) is 88.4 Å². The Morgan fingerprint density at radius 1 is 0.281 bits per heavy atom. The van der Waals surface area contributed by atoms with E-state index in [1.165, 1.54) is 16.7 Å². The molecule has 0 bridgehead atoms. The Morgan fingerprint density at radius 3 is 1.35 bits per heavy atom. The van der Waals surface area contributed by atoms with E-state index >= 15 is 0 Å². The van der Waals surface area contributed by atoms with Crippen LogP contribution in [0.2, 0.25) is 0 Å². The van der Waals surface area contributed by atoms with Gasteiger partial charge in [0.2, 0.25) is 0 Å². The Hall–Kier alpha value is -7.62. The largest absolute Gasteiger partial charge is 0.456 e. The molecular weight excluding hydrogens is 695 g/mol. The molecule has 11 rings (SSSR count). The minimum absolute atomic E-state index is 0.844. The Bertz CT molecular complexity index is 3200. The van der Waals surface area contributed by atoms with Crippen LogP contribution in [0, 0.1) is 0 Å². The second-order valence-electron chi connectivity index (χ2n) is 14.5. The molecular formula is C54H35NO2. The van der Waals surface area contributed by atoms with Crippen LogP contribution in [0.3, 0.4) is 0 Å². The molecule has 0 aliphatic carbocycles. The molecule has 268 valence electrons. The number of furan rings is 2. The highest BCUT2D eigenvalue weighted by molar-refractivity contribution is 6.17. The summed E-state index contributed by atoms with van der Waals surface area (Å²) in [5, 5.41) is 4.45. The van der Waals surface area contributed by atoms with Crippen LogP contribution in [0.1, 0.15) is 0 Å². The number of rotatable bonds is 7. The maximum Gasteiger partial charge on any atom is 0.160 e. The average Bonchev–Trinajstić information content (AvgIpc) is 3.87. The molecule has 0 radical (unpaired) electrons. The van der Waals surface area contributed by atoms with E-state index in [1.54, 1.807) is 0 Å². The lowest BCUT2D eigenvalue weighted by atomic mass is 9.97. The van der Waals surface area contributed by atoms with Gasteiger partial charge in [0, 0.05) is 32.9 Å². The number of benzene rings is 9. The summed E-state index contributed by atoms with van der Waals surface area (Å²) in [4.78, 5) is 2.32. The Balaban J connectivity index is 1.06. The van der Waals surface area contributed by atoms with Crippen molar-refractivity contribution in [1.82, 2.24) is 0 Å². The monoisotopic (exact) mass is 729 g/mol. The van der Waals surface area contributed by atoms with Crippen LogP contribution in [0.15, 0.2) is 221 Å². The highest BCUT2D eigenvalue weighted by Gasteiger charge is 2.23. The second-order valence-corrected chi connectivity index (χ2v) is 14.5. The van der Waals surface area contributed by atoms with Crippen molar-refractivity contribution in [2.24, 2.45) is 0 Å². The van der Waals surface area contributed by atoms with E-state index in [-0.39, 0.29) is 0 Å². The molecule has 0 aliphatic rings. The molecule has 2 heterocycles. The normalized spacial score (nSPS) is 11.5. The van der Waals surface area contributed by atoms with Crippen molar-refractivity contribution in [3.05, 3.63) is 212 Å². The fraction of sp³-hybridized carbons (Fsp3) is 0. The van der Waals surface area contributed by atoms with Crippen molar-refractivity contribution in [3.8, 4) is 44.5 Å². The number of nitrogens with zero attached hydrogens (tertiary/aromatic N) is 1. The minimum Gasteiger partial charge on any atom is -0.456 e. The van der Waals surface area contributed by atoms with Crippen LogP contribution >= 0.6 is 0 Å². The summed E-state index contributed by atoms with van der Waals surface area (Å²) in [7, 11) is 0. The number of anilines is 3. The Labute approximate surface area is 330 Å². The molecule has 0 unspecified atom stereocenters. The van der Waals surface area contributed by atoms with Gasteiger partial charge < -0.3 is 13.7 Å².